The van der Waals surface area contributed by atoms with Gasteiger partial charge in [0.15, 0.2) is 0 Å². The summed E-state index contributed by atoms with van der Waals surface area (Å²) < 4.78 is 27.3. The fourth-order valence-corrected chi connectivity index (χ4v) is 3.29. The Morgan fingerprint density at radius 1 is 1.17 bits per heavy atom. The molecule has 0 saturated heterocycles. The van der Waals surface area contributed by atoms with Crippen molar-refractivity contribution in [3.05, 3.63) is 35.4 Å². The molecule has 1 aromatic rings. The minimum Gasteiger partial charge on any atom is -0.334 e. The summed E-state index contributed by atoms with van der Waals surface area (Å²) >= 11 is 0. The molecule has 0 atom stereocenters. The number of hydrogen-bond acceptors (Lipinski definition) is 2. The third kappa shape index (κ3) is 5.15. The Bertz CT molecular complexity index is 560. The average molecular weight is 359 g/mol. The smallest absolute Gasteiger partial charge is 0.237 e. The molecule has 2 aliphatic carbocycles. The fraction of sp³-hybridized carbons (Fsp3) is 0.611. The van der Waals surface area contributed by atoms with Crippen LogP contribution >= 0.6 is 12.4 Å². The Labute approximate surface area is 148 Å². The molecule has 0 spiro atoms. The lowest BCUT2D eigenvalue weighted by atomic mass is 10.1. The minimum atomic E-state index is -0.466. The van der Waals surface area contributed by atoms with Crippen molar-refractivity contribution in [2.24, 2.45) is 5.92 Å². The van der Waals surface area contributed by atoms with Gasteiger partial charge >= 0.3 is 0 Å². The minimum absolute atomic E-state index is 0. The van der Waals surface area contributed by atoms with Crippen LogP contribution in [0, 0.1) is 17.6 Å². The van der Waals surface area contributed by atoms with Gasteiger partial charge in [0.1, 0.15) is 11.6 Å². The average Bonchev–Trinajstić information content (AvgIpc) is 3.19. The molecule has 0 radical (unpaired) electrons. The second-order valence-electron chi connectivity index (χ2n) is 6.77. The maximum absolute atomic E-state index is 13.9. The van der Waals surface area contributed by atoms with Crippen LogP contribution in [-0.2, 0) is 11.3 Å². The Morgan fingerprint density at radius 2 is 1.88 bits per heavy atom. The van der Waals surface area contributed by atoms with Gasteiger partial charge in [0, 0.05) is 18.2 Å². The summed E-state index contributed by atoms with van der Waals surface area (Å²) in [6.45, 7) is 1.31. The van der Waals surface area contributed by atoms with Crippen LogP contribution < -0.4 is 5.32 Å². The fourth-order valence-electron chi connectivity index (χ4n) is 3.29. The van der Waals surface area contributed by atoms with Gasteiger partial charge in [-0.1, -0.05) is 12.8 Å². The van der Waals surface area contributed by atoms with Crippen molar-refractivity contribution in [1.82, 2.24) is 10.2 Å². The number of nitrogens with zero attached hydrogens (tertiary/aromatic N) is 1. The Balaban J connectivity index is 0.00000208. The first-order valence-electron chi connectivity index (χ1n) is 8.57. The molecule has 0 aromatic heterocycles. The van der Waals surface area contributed by atoms with E-state index in [0.29, 0.717) is 5.92 Å². The molecule has 24 heavy (non-hydrogen) atoms. The molecule has 0 unspecified atom stereocenters. The zero-order valence-corrected chi connectivity index (χ0v) is 14.6. The van der Waals surface area contributed by atoms with Crippen LogP contribution in [0.2, 0.25) is 0 Å². The van der Waals surface area contributed by atoms with Gasteiger partial charge in [-0.15, -0.1) is 12.4 Å². The Kier molecular flexibility index (Phi) is 6.99. The highest BCUT2D eigenvalue weighted by atomic mass is 35.5. The van der Waals surface area contributed by atoms with Gasteiger partial charge in [-0.05, 0) is 56.3 Å². The molecule has 3 nitrogen and oxygen atoms in total. The molecule has 2 aliphatic rings. The van der Waals surface area contributed by atoms with Crippen LogP contribution in [0.3, 0.4) is 0 Å². The van der Waals surface area contributed by atoms with Crippen molar-refractivity contribution in [3.8, 4) is 0 Å². The lowest BCUT2D eigenvalue weighted by Crippen LogP contribution is -2.43. The van der Waals surface area contributed by atoms with E-state index in [1.807, 2.05) is 0 Å². The molecule has 2 fully saturated rings. The third-order valence-corrected chi connectivity index (χ3v) is 4.84. The second-order valence-corrected chi connectivity index (χ2v) is 6.77. The van der Waals surface area contributed by atoms with Crippen LogP contribution in [-0.4, -0.2) is 29.9 Å². The van der Waals surface area contributed by atoms with Crippen LogP contribution in [0.4, 0.5) is 8.78 Å². The molecule has 134 valence electrons. The molecule has 0 heterocycles. The van der Waals surface area contributed by atoms with Crippen molar-refractivity contribution in [3.63, 3.8) is 0 Å². The van der Waals surface area contributed by atoms with Crippen LogP contribution in [0.15, 0.2) is 18.2 Å². The number of benzene rings is 1. The number of halogens is 3. The summed E-state index contributed by atoms with van der Waals surface area (Å²) in [6.07, 6.45) is 6.56. The first kappa shape index (κ1) is 19.1. The Morgan fingerprint density at radius 3 is 2.54 bits per heavy atom. The number of nitrogens with one attached hydrogen (secondary N) is 1. The molecule has 0 bridgehead atoms. The van der Waals surface area contributed by atoms with E-state index in [-0.39, 0.29) is 43.0 Å². The molecule has 1 aromatic carbocycles. The molecule has 0 aliphatic heterocycles. The van der Waals surface area contributed by atoms with Crippen LogP contribution in [0.5, 0.6) is 0 Å². The largest absolute Gasteiger partial charge is 0.334 e. The molecule has 3 rings (SSSR count). The van der Waals surface area contributed by atoms with Crippen LogP contribution in [0.25, 0.3) is 0 Å². The maximum atomic E-state index is 13.9. The van der Waals surface area contributed by atoms with E-state index in [4.69, 9.17) is 0 Å². The molecule has 6 heteroatoms. The van der Waals surface area contributed by atoms with Gasteiger partial charge in [-0.2, -0.15) is 0 Å². The number of carbonyl (C=O) groups is 1. The van der Waals surface area contributed by atoms with Gasteiger partial charge < -0.3 is 10.2 Å². The quantitative estimate of drug-likeness (QED) is 0.806. The van der Waals surface area contributed by atoms with Gasteiger partial charge in [0.05, 0.1) is 6.54 Å². The first-order valence-corrected chi connectivity index (χ1v) is 8.57. The summed E-state index contributed by atoms with van der Waals surface area (Å²) in [5, 5.41) is 3.20. The van der Waals surface area contributed by atoms with E-state index < -0.39 is 11.6 Å². The summed E-state index contributed by atoms with van der Waals surface area (Å²) in [4.78, 5) is 14.3. The molecule has 2 saturated carbocycles. The topological polar surface area (TPSA) is 32.3 Å². The van der Waals surface area contributed by atoms with Gasteiger partial charge in [-0.25, -0.2) is 8.78 Å². The standard InChI is InChI=1S/C18H24F2N2O.ClH/c19-15-7-8-17(20)14(9-15)12-22(16-3-1-2-4-16)18(23)11-21-10-13-5-6-13;/h7-9,13,16,21H,1-6,10-12H2;1H. The van der Waals surface area contributed by atoms with E-state index >= 15 is 0 Å². The number of amides is 1. The third-order valence-electron chi connectivity index (χ3n) is 4.84. The Hall–Kier alpha value is -1.20. The highest BCUT2D eigenvalue weighted by Crippen LogP contribution is 2.28. The predicted molar refractivity (Wildman–Crippen MR) is 92.0 cm³/mol. The van der Waals surface area contributed by atoms with Crippen molar-refractivity contribution in [2.45, 2.75) is 51.1 Å². The molecular weight excluding hydrogens is 334 g/mol. The zero-order chi connectivity index (χ0) is 16.2. The SMILES string of the molecule is Cl.O=C(CNCC1CC1)N(Cc1cc(F)ccc1F)C1CCCC1. The van der Waals surface area contributed by atoms with Gasteiger partial charge in [0.25, 0.3) is 0 Å². The van der Waals surface area contributed by atoms with Gasteiger partial charge in [0.2, 0.25) is 5.91 Å². The van der Waals surface area contributed by atoms with Crippen molar-refractivity contribution in [2.75, 3.05) is 13.1 Å². The van der Waals surface area contributed by atoms with E-state index in [1.165, 1.54) is 18.9 Å². The molecule has 1 amide bonds. The summed E-state index contributed by atoms with van der Waals surface area (Å²) in [5.74, 6) is -0.218. The first-order chi connectivity index (χ1) is 11.1. The summed E-state index contributed by atoms with van der Waals surface area (Å²) in [7, 11) is 0. The second kappa shape index (κ2) is 8.77. The normalized spacial score (nSPS) is 17.6. The monoisotopic (exact) mass is 358 g/mol. The summed E-state index contributed by atoms with van der Waals surface area (Å²) in [5.41, 5.74) is 0.257. The van der Waals surface area contributed by atoms with Crippen LogP contribution in [0.1, 0.15) is 44.1 Å². The predicted octanol–water partition coefficient (Wildman–Crippen LogP) is 3.66. The number of hydrogen-bond donors (Lipinski definition) is 1. The number of carbonyl (C=O) groups excluding carboxylic acids is 1. The highest BCUT2D eigenvalue weighted by molar-refractivity contribution is 5.85. The van der Waals surface area contributed by atoms with E-state index in [2.05, 4.69) is 5.32 Å². The highest BCUT2D eigenvalue weighted by Gasteiger charge is 2.28. The van der Waals surface area contributed by atoms with E-state index in [9.17, 15) is 13.6 Å². The van der Waals surface area contributed by atoms with Crippen molar-refractivity contribution in [1.29, 1.82) is 0 Å². The zero-order valence-electron chi connectivity index (χ0n) is 13.8. The molecule has 1 N–H and O–H groups in total. The van der Waals surface area contributed by atoms with E-state index in [0.717, 1.165) is 44.4 Å². The van der Waals surface area contributed by atoms with E-state index in [1.54, 1.807) is 4.90 Å². The maximum Gasteiger partial charge on any atom is 0.237 e. The lowest BCUT2D eigenvalue weighted by Gasteiger charge is -2.29. The van der Waals surface area contributed by atoms with Crippen molar-refractivity contribution < 1.29 is 13.6 Å². The number of rotatable bonds is 7. The van der Waals surface area contributed by atoms with Crippen molar-refractivity contribution >= 4 is 18.3 Å². The molecular formula is C18H25ClF2N2O. The summed E-state index contributed by atoms with van der Waals surface area (Å²) in [6, 6.07) is 3.58. The lowest BCUT2D eigenvalue weighted by molar-refractivity contribution is -0.133. The van der Waals surface area contributed by atoms with Gasteiger partial charge in [-0.3, -0.25) is 4.79 Å².